The predicted octanol–water partition coefficient (Wildman–Crippen LogP) is 3.52. The zero-order chi connectivity index (χ0) is 21.7. The lowest BCUT2D eigenvalue weighted by atomic mass is 10.1. The summed E-state index contributed by atoms with van der Waals surface area (Å²) in [7, 11) is 1.92. The van der Waals surface area contributed by atoms with E-state index >= 15 is 0 Å². The number of ether oxygens (including phenoxy) is 1. The van der Waals surface area contributed by atoms with Crippen molar-refractivity contribution >= 4 is 12.0 Å². The van der Waals surface area contributed by atoms with Gasteiger partial charge in [-0.15, -0.1) is 0 Å². The Morgan fingerprint density at radius 2 is 1.90 bits per heavy atom. The zero-order valence-corrected chi connectivity index (χ0v) is 18.4. The molecule has 3 rings (SSSR count). The molecule has 1 aliphatic heterocycles. The van der Waals surface area contributed by atoms with E-state index in [0.29, 0.717) is 38.4 Å². The summed E-state index contributed by atoms with van der Waals surface area (Å²) in [6.45, 7) is 7.36. The van der Waals surface area contributed by atoms with Crippen molar-refractivity contribution in [1.82, 2.24) is 14.9 Å². The third-order valence-corrected chi connectivity index (χ3v) is 5.09. The molecule has 0 aliphatic carbocycles. The van der Waals surface area contributed by atoms with Gasteiger partial charge in [-0.2, -0.15) is 0 Å². The van der Waals surface area contributed by atoms with Gasteiger partial charge in [0, 0.05) is 38.7 Å². The van der Waals surface area contributed by atoms with Gasteiger partial charge in [0.2, 0.25) is 5.95 Å². The predicted molar refractivity (Wildman–Crippen MR) is 118 cm³/mol. The van der Waals surface area contributed by atoms with Crippen LogP contribution < -0.4 is 10.5 Å². The summed E-state index contributed by atoms with van der Waals surface area (Å²) in [6.07, 6.45) is 2.55. The minimum atomic E-state index is -0.532. The number of anilines is 1. The first-order valence-corrected chi connectivity index (χ1v) is 10.6. The van der Waals surface area contributed by atoms with Crippen molar-refractivity contribution in [3.05, 3.63) is 57.5 Å². The number of carbonyl (C=O) groups is 1. The number of carbonyl (C=O) groups excluding carboxylic acids is 1. The highest BCUT2D eigenvalue weighted by Gasteiger charge is 2.24. The highest BCUT2D eigenvalue weighted by Crippen LogP contribution is 2.17. The van der Waals surface area contributed by atoms with E-state index < -0.39 is 5.60 Å². The number of fused-ring (bicyclic) bond motifs is 1. The van der Waals surface area contributed by atoms with Crippen LogP contribution in [0, 0.1) is 0 Å². The highest BCUT2D eigenvalue weighted by molar-refractivity contribution is 5.68. The lowest BCUT2D eigenvalue weighted by Crippen LogP contribution is -2.38. The normalized spacial score (nSPS) is 14.9. The van der Waals surface area contributed by atoms with Gasteiger partial charge in [0.15, 0.2) is 0 Å². The van der Waals surface area contributed by atoms with Crippen LogP contribution in [-0.2, 0) is 24.1 Å². The van der Waals surface area contributed by atoms with Crippen LogP contribution in [0.1, 0.15) is 50.4 Å². The molecule has 0 radical (unpaired) electrons. The summed E-state index contributed by atoms with van der Waals surface area (Å²) in [4.78, 5) is 36.7. The minimum absolute atomic E-state index is 0.0828. The number of aromatic amines is 1. The molecule has 2 aromatic rings. The largest absolute Gasteiger partial charge is 0.444 e. The molecule has 7 heteroatoms. The maximum absolute atomic E-state index is 12.8. The summed E-state index contributed by atoms with van der Waals surface area (Å²) < 4.78 is 5.54. The monoisotopic (exact) mass is 412 g/mol. The highest BCUT2D eigenvalue weighted by atomic mass is 16.6. The van der Waals surface area contributed by atoms with Crippen molar-refractivity contribution in [3.8, 4) is 0 Å². The van der Waals surface area contributed by atoms with Crippen molar-refractivity contribution in [2.75, 3.05) is 25.0 Å². The smallest absolute Gasteiger partial charge is 0.410 e. The van der Waals surface area contributed by atoms with Crippen LogP contribution in [0.2, 0.25) is 0 Å². The molecule has 0 saturated carbocycles. The third-order valence-electron chi connectivity index (χ3n) is 5.09. The van der Waals surface area contributed by atoms with Crippen molar-refractivity contribution in [3.63, 3.8) is 0 Å². The van der Waals surface area contributed by atoms with Gasteiger partial charge in [-0.3, -0.25) is 9.78 Å². The van der Waals surface area contributed by atoms with Gasteiger partial charge < -0.3 is 14.5 Å². The van der Waals surface area contributed by atoms with E-state index in [9.17, 15) is 9.59 Å². The first-order valence-electron chi connectivity index (χ1n) is 10.6. The van der Waals surface area contributed by atoms with Crippen LogP contribution in [0.4, 0.5) is 10.7 Å². The Kier molecular flexibility index (Phi) is 6.80. The Hall–Kier alpha value is -2.83. The minimum Gasteiger partial charge on any atom is -0.444 e. The SMILES string of the molecule is CN(Cc1ccccc1)c1nc2c(c(=O)[nH]1)CCCCN(C(=O)OC(C)(C)C)CC2. The van der Waals surface area contributed by atoms with Crippen LogP contribution in [0.25, 0.3) is 0 Å². The molecule has 30 heavy (non-hydrogen) atoms. The number of H-pyrrole nitrogens is 1. The number of nitrogens with zero attached hydrogens (tertiary/aromatic N) is 3. The zero-order valence-electron chi connectivity index (χ0n) is 18.4. The molecular formula is C23H32N4O3. The maximum atomic E-state index is 12.8. The van der Waals surface area contributed by atoms with E-state index in [1.54, 1.807) is 4.90 Å². The van der Waals surface area contributed by atoms with Gasteiger partial charge in [-0.1, -0.05) is 30.3 Å². The number of aromatic nitrogens is 2. The number of hydrogen-bond donors (Lipinski definition) is 1. The molecule has 1 aromatic heterocycles. The van der Waals surface area contributed by atoms with Crippen molar-refractivity contribution < 1.29 is 9.53 Å². The molecule has 0 unspecified atom stereocenters. The second kappa shape index (κ2) is 9.32. The van der Waals surface area contributed by atoms with Crippen LogP contribution in [0.15, 0.2) is 35.1 Å². The Morgan fingerprint density at radius 1 is 1.17 bits per heavy atom. The molecule has 1 N–H and O–H groups in total. The van der Waals surface area contributed by atoms with E-state index in [-0.39, 0.29) is 11.7 Å². The van der Waals surface area contributed by atoms with Gasteiger partial charge >= 0.3 is 6.09 Å². The van der Waals surface area contributed by atoms with E-state index in [1.807, 2.05) is 63.1 Å². The molecule has 1 aliphatic rings. The number of benzene rings is 1. The van der Waals surface area contributed by atoms with Crippen LogP contribution >= 0.6 is 0 Å². The number of amides is 1. The standard InChI is InChI=1S/C23H32N4O3/c1-23(2,3)30-22(29)27-14-9-8-12-18-19(13-15-27)24-21(25-20(18)28)26(4)16-17-10-6-5-7-11-17/h5-7,10-11H,8-9,12-16H2,1-4H3,(H,24,25,28). The number of hydrogen-bond acceptors (Lipinski definition) is 5. The van der Waals surface area contributed by atoms with Gasteiger partial charge in [0.05, 0.1) is 5.69 Å². The summed E-state index contributed by atoms with van der Waals surface area (Å²) in [5.74, 6) is 0.547. The van der Waals surface area contributed by atoms with Crippen molar-refractivity contribution in [2.45, 2.75) is 58.6 Å². The Morgan fingerprint density at radius 3 is 2.60 bits per heavy atom. The van der Waals surface area contributed by atoms with E-state index in [4.69, 9.17) is 9.72 Å². The van der Waals surface area contributed by atoms with Gasteiger partial charge in [0.1, 0.15) is 5.60 Å². The average Bonchev–Trinajstić information content (AvgIpc) is 2.78. The molecule has 0 spiro atoms. The van der Waals surface area contributed by atoms with Crippen molar-refractivity contribution in [2.24, 2.45) is 0 Å². The maximum Gasteiger partial charge on any atom is 0.410 e. The molecule has 0 bridgehead atoms. The van der Waals surface area contributed by atoms with Gasteiger partial charge in [0.25, 0.3) is 5.56 Å². The van der Waals surface area contributed by atoms with E-state index in [1.165, 1.54) is 0 Å². The second-order valence-corrected chi connectivity index (χ2v) is 8.83. The summed E-state index contributed by atoms with van der Waals surface area (Å²) in [6, 6.07) is 10.1. The fourth-order valence-corrected chi connectivity index (χ4v) is 3.58. The Bertz CT molecular complexity index is 918. The molecule has 2 heterocycles. The third kappa shape index (κ3) is 5.84. The summed E-state index contributed by atoms with van der Waals surface area (Å²) in [5, 5.41) is 0. The van der Waals surface area contributed by atoms with Gasteiger partial charge in [-0.05, 0) is 45.6 Å². The van der Waals surface area contributed by atoms with Crippen LogP contribution in [-0.4, -0.2) is 46.7 Å². The molecule has 162 valence electrons. The number of rotatable bonds is 3. The molecule has 0 saturated heterocycles. The van der Waals surface area contributed by atoms with Crippen molar-refractivity contribution in [1.29, 1.82) is 0 Å². The fourth-order valence-electron chi connectivity index (χ4n) is 3.58. The van der Waals surface area contributed by atoms with E-state index in [0.717, 1.165) is 29.7 Å². The quantitative estimate of drug-likeness (QED) is 0.834. The Balaban J connectivity index is 1.80. The number of nitrogens with one attached hydrogen (secondary N) is 1. The van der Waals surface area contributed by atoms with Crippen LogP contribution in [0.3, 0.4) is 0 Å². The fraction of sp³-hybridized carbons (Fsp3) is 0.522. The second-order valence-electron chi connectivity index (χ2n) is 8.83. The molecule has 7 nitrogen and oxygen atoms in total. The lowest BCUT2D eigenvalue weighted by molar-refractivity contribution is 0.0250. The molecule has 1 amide bonds. The topological polar surface area (TPSA) is 78.5 Å². The molecule has 1 aromatic carbocycles. The molecule has 0 fully saturated rings. The van der Waals surface area contributed by atoms with E-state index in [2.05, 4.69) is 4.98 Å². The lowest BCUT2D eigenvalue weighted by Gasteiger charge is -2.27. The molecular weight excluding hydrogens is 380 g/mol. The summed E-state index contributed by atoms with van der Waals surface area (Å²) in [5.41, 5.74) is 2.03. The first-order chi connectivity index (χ1) is 14.2. The summed E-state index contributed by atoms with van der Waals surface area (Å²) >= 11 is 0. The van der Waals surface area contributed by atoms with Gasteiger partial charge in [-0.25, -0.2) is 9.78 Å². The first kappa shape index (κ1) is 21.9. The Labute approximate surface area is 178 Å². The average molecular weight is 413 g/mol. The van der Waals surface area contributed by atoms with Crippen LogP contribution in [0.5, 0.6) is 0 Å². The molecule has 0 atom stereocenters.